The van der Waals surface area contributed by atoms with E-state index in [0.29, 0.717) is 11.6 Å². The molecule has 24 heavy (non-hydrogen) atoms. The molecule has 0 N–H and O–H groups in total. The van der Waals surface area contributed by atoms with Crippen LogP contribution >= 0.6 is 0 Å². The Hall–Kier alpha value is -2.78. The quantitative estimate of drug-likeness (QED) is 0.741. The highest BCUT2D eigenvalue weighted by Crippen LogP contribution is 2.26. The van der Waals surface area contributed by atoms with Crippen LogP contribution in [0.1, 0.15) is 36.0 Å². The zero-order chi connectivity index (χ0) is 16.4. The first-order valence-electron chi connectivity index (χ1n) is 8.21. The minimum absolute atomic E-state index is 0.371. The lowest BCUT2D eigenvalue weighted by atomic mass is 9.97. The summed E-state index contributed by atoms with van der Waals surface area (Å²) in [7, 11) is 0. The van der Waals surface area contributed by atoms with Crippen molar-refractivity contribution >= 4 is 5.65 Å². The van der Waals surface area contributed by atoms with E-state index in [0.717, 1.165) is 49.6 Å². The number of likely N-dealkylation sites (tertiary alicyclic amines) is 1. The molecule has 0 aromatic carbocycles. The van der Waals surface area contributed by atoms with Gasteiger partial charge < -0.3 is 0 Å². The third kappa shape index (κ3) is 2.86. The molecule has 120 valence electrons. The van der Waals surface area contributed by atoms with Gasteiger partial charge in [-0.05, 0) is 43.7 Å². The lowest BCUT2D eigenvalue weighted by Gasteiger charge is -2.31. The number of fused-ring (bicyclic) bond motifs is 1. The molecule has 4 rings (SSSR count). The Morgan fingerprint density at radius 1 is 1.17 bits per heavy atom. The highest BCUT2D eigenvalue weighted by molar-refractivity contribution is 5.37. The fraction of sp³-hybridized carbons (Fsp3) is 0.333. The van der Waals surface area contributed by atoms with Crippen molar-refractivity contribution in [1.29, 1.82) is 5.26 Å². The molecule has 6 nitrogen and oxygen atoms in total. The average Bonchev–Trinajstić information content (AvgIpc) is 3.06. The maximum absolute atomic E-state index is 8.99. The van der Waals surface area contributed by atoms with E-state index in [9.17, 15) is 0 Å². The van der Waals surface area contributed by atoms with Crippen molar-refractivity contribution in [3.8, 4) is 6.07 Å². The van der Waals surface area contributed by atoms with E-state index in [2.05, 4.69) is 30.6 Å². The van der Waals surface area contributed by atoms with Gasteiger partial charge in [0.1, 0.15) is 17.6 Å². The molecule has 0 amide bonds. The Morgan fingerprint density at radius 2 is 2.12 bits per heavy atom. The van der Waals surface area contributed by atoms with Crippen LogP contribution in [0.2, 0.25) is 0 Å². The summed E-state index contributed by atoms with van der Waals surface area (Å²) in [5, 5.41) is 17.7. The highest BCUT2D eigenvalue weighted by atomic mass is 15.3. The van der Waals surface area contributed by atoms with Gasteiger partial charge >= 0.3 is 0 Å². The summed E-state index contributed by atoms with van der Waals surface area (Å²) in [6, 6.07) is 13.7. The minimum Gasteiger partial charge on any atom is -0.297 e. The van der Waals surface area contributed by atoms with E-state index in [-0.39, 0.29) is 0 Å². The predicted octanol–water partition coefficient (Wildman–Crippen LogP) is 2.38. The fourth-order valence-electron chi connectivity index (χ4n) is 3.41. The van der Waals surface area contributed by atoms with Crippen LogP contribution in [0.5, 0.6) is 0 Å². The van der Waals surface area contributed by atoms with Gasteiger partial charge in [0.15, 0.2) is 5.65 Å². The first kappa shape index (κ1) is 14.8. The van der Waals surface area contributed by atoms with E-state index in [4.69, 9.17) is 5.26 Å². The smallest absolute Gasteiger partial charge is 0.160 e. The second-order valence-corrected chi connectivity index (χ2v) is 6.19. The molecule has 1 unspecified atom stereocenters. The molecule has 1 saturated heterocycles. The van der Waals surface area contributed by atoms with Gasteiger partial charge in [0.25, 0.3) is 0 Å². The second-order valence-electron chi connectivity index (χ2n) is 6.19. The molecule has 0 radical (unpaired) electrons. The zero-order valence-electron chi connectivity index (χ0n) is 13.3. The minimum atomic E-state index is 0.371. The van der Waals surface area contributed by atoms with E-state index in [1.807, 2.05) is 36.5 Å². The van der Waals surface area contributed by atoms with Crippen LogP contribution in [-0.4, -0.2) is 37.6 Å². The van der Waals surface area contributed by atoms with E-state index in [1.165, 1.54) is 0 Å². The molecule has 0 bridgehead atoms. The second kappa shape index (κ2) is 6.38. The van der Waals surface area contributed by atoms with Crippen molar-refractivity contribution in [2.45, 2.75) is 25.3 Å². The van der Waals surface area contributed by atoms with Gasteiger partial charge in [-0.25, -0.2) is 4.98 Å². The van der Waals surface area contributed by atoms with Gasteiger partial charge in [-0.3, -0.25) is 9.30 Å². The molecule has 1 fully saturated rings. The van der Waals surface area contributed by atoms with Crippen LogP contribution in [0, 0.1) is 11.3 Å². The fourth-order valence-corrected chi connectivity index (χ4v) is 3.41. The molecule has 0 aliphatic carbocycles. The Morgan fingerprint density at radius 3 is 3.04 bits per heavy atom. The number of nitriles is 1. The SMILES string of the molecule is N#Cc1cccc(CN2CCCC(c3nnc4ccccn34)C2)n1. The first-order chi connectivity index (χ1) is 11.8. The maximum Gasteiger partial charge on any atom is 0.160 e. The number of piperidine rings is 1. The largest absolute Gasteiger partial charge is 0.297 e. The van der Waals surface area contributed by atoms with Crippen LogP contribution < -0.4 is 0 Å². The van der Waals surface area contributed by atoms with Crippen molar-refractivity contribution < 1.29 is 0 Å². The van der Waals surface area contributed by atoms with Crippen LogP contribution in [0.4, 0.5) is 0 Å². The average molecular weight is 318 g/mol. The van der Waals surface area contributed by atoms with Crippen LogP contribution in [0.15, 0.2) is 42.6 Å². The lowest BCUT2D eigenvalue weighted by Crippen LogP contribution is -2.34. The molecule has 3 aromatic heterocycles. The standard InChI is InChI=1S/C18H18N6/c19-11-15-6-3-7-16(20-15)13-23-9-4-5-14(12-23)18-22-21-17-8-1-2-10-24(17)18/h1-3,6-8,10,14H,4-5,9,12-13H2. The summed E-state index contributed by atoms with van der Waals surface area (Å²) in [5.41, 5.74) is 2.32. The topological polar surface area (TPSA) is 70.1 Å². The zero-order valence-corrected chi connectivity index (χ0v) is 13.3. The van der Waals surface area contributed by atoms with E-state index in [1.54, 1.807) is 6.07 Å². The molecular weight excluding hydrogens is 300 g/mol. The number of rotatable bonds is 3. The van der Waals surface area contributed by atoms with Crippen molar-refractivity contribution in [2.24, 2.45) is 0 Å². The van der Waals surface area contributed by atoms with Gasteiger partial charge in [-0.2, -0.15) is 5.26 Å². The predicted molar refractivity (Wildman–Crippen MR) is 89.2 cm³/mol. The Labute approximate surface area is 140 Å². The van der Waals surface area contributed by atoms with Crippen LogP contribution in [0.3, 0.4) is 0 Å². The summed E-state index contributed by atoms with van der Waals surface area (Å²) >= 11 is 0. The number of hydrogen-bond acceptors (Lipinski definition) is 5. The summed E-state index contributed by atoms with van der Waals surface area (Å²) in [4.78, 5) is 6.78. The third-order valence-corrected chi connectivity index (χ3v) is 4.52. The van der Waals surface area contributed by atoms with Crippen molar-refractivity contribution in [1.82, 2.24) is 24.5 Å². The van der Waals surface area contributed by atoms with E-state index < -0.39 is 0 Å². The Balaban J connectivity index is 1.52. The summed E-state index contributed by atoms with van der Waals surface area (Å²) in [6.07, 6.45) is 4.28. The van der Waals surface area contributed by atoms with Gasteiger partial charge in [0.05, 0.1) is 5.69 Å². The van der Waals surface area contributed by atoms with Crippen molar-refractivity contribution in [2.75, 3.05) is 13.1 Å². The van der Waals surface area contributed by atoms with Gasteiger partial charge in [0, 0.05) is 25.2 Å². The normalized spacial score (nSPS) is 18.5. The maximum atomic E-state index is 8.99. The molecule has 4 heterocycles. The van der Waals surface area contributed by atoms with Gasteiger partial charge in [-0.15, -0.1) is 10.2 Å². The molecule has 1 aliphatic rings. The molecule has 0 spiro atoms. The molecule has 1 atom stereocenters. The van der Waals surface area contributed by atoms with Gasteiger partial charge in [-0.1, -0.05) is 12.1 Å². The first-order valence-corrected chi connectivity index (χ1v) is 8.21. The Kier molecular flexibility index (Phi) is 3.93. The summed E-state index contributed by atoms with van der Waals surface area (Å²) in [5.74, 6) is 1.41. The lowest BCUT2D eigenvalue weighted by molar-refractivity contribution is 0.194. The van der Waals surface area contributed by atoms with Gasteiger partial charge in [0.2, 0.25) is 0 Å². The third-order valence-electron chi connectivity index (χ3n) is 4.52. The van der Waals surface area contributed by atoms with Crippen molar-refractivity contribution in [3.05, 3.63) is 59.8 Å². The summed E-state index contributed by atoms with van der Waals surface area (Å²) < 4.78 is 2.09. The Bertz CT molecular complexity index is 894. The number of aromatic nitrogens is 4. The van der Waals surface area contributed by atoms with Crippen LogP contribution in [0.25, 0.3) is 5.65 Å². The van der Waals surface area contributed by atoms with Crippen molar-refractivity contribution in [3.63, 3.8) is 0 Å². The molecule has 6 heteroatoms. The summed E-state index contributed by atoms with van der Waals surface area (Å²) in [6.45, 7) is 2.75. The van der Waals surface area contributed by atoms with E-state index >= 15 is 0 Å². The number of pyridine rings is 2. The van der Waals surface area contributed by atoms with Crippen LogP contribution in [-0.2, 0) is 6.54 Å². The monoisotopic (exact) mass is 318 g/mol. The molecule has 0 saturated carbocycles. The molecular formula is C18H18N6. The molecule has 3 aromatic rings. The highest BCUT2D eigenvalue weighted by Gasteiger charge is 2.25. The number of nitrogens with zero attached hydrogens (tertiary/aromatic N) is 6. The number of hydrogen-bond donors (Lipinski definition) is 0. The molecule has 1 aliphatic heterocycles.